The van der Waals surface area contributed by atoms with Crippen LogP contribution < -0.4 is 10.5 Å². The van der Waals surface area contributed by atoms with Crippen LogP contribution in [-0.4, -0.2) is 39.3 Å². The monoisotopic (exact) mass is 337 g/mol. The third-order valence-electron chi connectivity index (χ3n) is 3.83. The molecule has 0 aromatic heterocycles. The minimum absolute atomic E-state index is 0.133. The molecule has 1 amide bonds. The van der Waals surface area contributed by atoms with E-state index in [-0.39, 0.29) is 17.7 Å². The Balaban J connectivity index is 2.98. The van der Waals surface area contributed by atoms with E-state index in [4.69, 9.17) is 19.9 Å². The maximum atomic E-state index is 11.9. The summed E-state index contributed by atoms with van der Waals surface area (Å²) < 4.78 is 15.5. The molecular formula is C18H27NO5. The number of ether oxygens (including phenoxy) is 3. The van der Waals surface area contributed by atoms with Crippen molar-refractivity contribution in [1.29, 1.82) is 0 Å². The van der Waals surface area contributed by atoms with E-state index in [0.717, 1.165) is 5.56 Å². The lowest BCUT2D eigenvalue weighted by Gasteiger charge is -2.18. The first-order chi connectivity index (χ1) is 11.4. The third-order valence-corrected chi connectivity index (χ3v) is 3.83. The molecule has 0 aliphatic rings. The molecule has 134 valence electrons. The molecule has 1 rings (SSSR count). The van der Waals surface area contributed by atoms with Crippen LogP contribution in [0.5, 0.6) is 5.75 Å². The quantitative estimate of drug-likeness (QED) is 0.522. The second-order valence-electron chi connectivity index (χ2n) is 5.97. The van der Waals surface area contributed by atoms with Crippen LogP contribution in [0.4, 0.5) is 0 Å². The normalized spacial score (nSPS) is 12.0. The molecule has 0 radical (unpaired) electrons. The number of hydrogen-bond donors (Lipinski definition) is 1. The van der Waals surface area contributed by atoms with Crippen LogP contribution in [0.25, 0.3) is 0 Å². The summed E-state index contributed by atoms with van der Waals surface area (Å²) in [5.41, 5.74) is 6.73. The lowest BCUT2D eigenvalue weighted by atomic mass is 9.88. The molecule has 1 aromatic rings. The summed E-state index contributed by atoms with van der Waals surface area (Å²) >= 11 is 0. The minimum atomic E-state index is -0.460. The van der Waals surface area contributed by atoms with Gasteiger partial charge in [-0.2, -0.15) is 0 Å². The molecule has 0 bridgehead atoms. The molecule has 2 N–H and O–H groups in total. The van der Waals surface area contributed by atoms with Crippen molar-refractivity contribution >= 4 is 11.9 Å². The van der Waals surface area contributed by atoms with Crippen LogP contribution >= 0.6 is 0 Å². The van der Waals surface area contributed by atoms with E-state index in [1.165, 1.54) is 7.11 Å². The number of primary amides is 1. The van der Waals surface area contributed by atoms with Crippen LogP contribution in [0.15, 0.2) is 18.2 Å². The molecule has 0 saturated heterocycles. The van der Waals surface area contributed by atoms with Crippen molar-refractivity contribution in [3.63, 3.8) is 0 Å². The van der Waals surface area contributed by atoms with Crippen molar-refractivity contribution in [2.45, 2.75) is 26.7 Å². The number of methoxy groups -OCH3 is 2. The van der Waals surface area contributed by atoms with E-state index in [0.29, 0.717) is 37.4 Å². The first kappa shape index (κ1) is 20.0. The van der Waals surface area contributed by atoms with E-state index in [9.17, 15) is 9.59 Å². The lowest BCUT2D eigenvalue weighted by molar-refractivity contribution is -0.123. The first-order valence-electron chi connectivity index (χ1n) is 8.03. The van der Waals surface area contributed by atoms with Gasteiger partial charge in [0.2, 0.25) is 5.91 Å². The molecule has 0 spiro atoms. The van der Waals surface area contributed by atoms with E-state index in [1.54, 1.807) is 25.3 Å². The van der Waals surface area contributed by atoms with Gasteiger partial charge in [-0.05, 0) is 30.0 Å². The van der Waals surface area contributed by atoms with Crippen molar-refractivity contribution in [1.82, 2.24) is 0 Å². The van der Waals surface area contributed by atoms with Gasteiger partial charge in [0, 0.05) is 26.1 Å². The standard InChI is InChI=1S/C18H27NO5/c1-12(2)15(17(19)20)10-13-6-7-14(18(21)23-4)16(11-13)24-9-5-8-22-3/h6-7,11-12,15H,5,8-10H2,1-4H3,(H2,19,20). The Morgan fingerprint density at radius 1 is 1.17 bits per heavy atom. The summed E-state index contributed by atoms with van der Waals surface area (Å²) in [6.07, 6.45) is 1.21. The van der Waals surface area contributed by atoms with Gasteiger partial charge in [-0.25, -0.2) is 4.79 Å². The molecular weight excluding hydrogens is 310 g/mol. The highest BCUT2D eigenvalue weighted by molar-refractivity contribution is 5.92. The number of carbonyl (C=O) groups is 2. The van der Waals surface area contributed by atoms with Crippen LogP contribution in [0.3, 0.4) is 0 Å². The van der Waals surface area contributed by atoms with Crippen molar-refractivity contribution in [3.05, 3.63) is 29.3 Å². The molecule has 1 aromatic carbocycles. The van der Waals surface area contributed by atoms with E-state index < -0.39 is 5.97 Å². The maximum absolute atomic E-state index is 11.9. The zero-order valence-corrected chi connectivity index (χ0v) is 14.8. The van der Waals surface area contributed by atoms with Gasteiger partial charge >= 0.3 is 5.97 Å². The van der Waals surface area contributed by atoms with E-state index >= 15 is 0 Å². The molecule has 0 heterocycles. The molecule has 1 atom stereocenters. The summed E-state index contributed by atoms with van der Waals surface area (Å²) in [6.45, 7) is 4.91. The Labute approximate surface area is 143 Å². The topological polar surface area (TPSA) is 87.9 Å². The van der Waals surface area contributed by atoms with Gasteiger partial charge in [0.15, 0.2) is 0 Å². The van der Waals surface area contributed by atoms with Crippen molar-refractivity contribution in [2.24, 2.45) is 17.6 Å². The Bertz CT molecular complexity index is 556. The fourth-order valence-electron chi connectivity index (χ4n) is 2.40. The van der Waals surface area contributed by atoms with Crippen molar-refractivity contribution in [2.75, 3.05) is 27.4 Å². The molecule has 24 heavy (non-hydrogen) atoms. The van der Waals surface area contributed by atoms with Gasteiger partial charge in [0.25, 0.3) is 0 Å². The summed E-state index contributed by atoms with van der Waals surface area (Å²) in [5, 5.41) is 0. The average Bonchev–Trinajstić information content (AvgIpc) is 2.55. The predicted octanol–water partition coefficient (Wildman–Crippen LogP) is 2.19. The zero-order valence-electron chi connectivity index (χ0n) is 14.8. The molecule has 6 heteroatoms. The number of benzene rings is 1. The van der Waals surface area contributed by atoms with Crippen LogP contribution in [0, 0.1) is 11.8 Å². The number of hydrogen-bond acceptors (Lipinski definition) is 5. The van der Waals surface area contributed by atoms with Crippen molar-refractivity contribution < 1.29 is 23.8 Å². The van der Waals surface area contributed by atoms with Gasteiger partial charge < -0.3 is 19.9 Å². The Kier molecular flexibility index (Phi) is 8.26. The van der Waals surface area contributed by atoms with Gasteiger partial charge in [-0.15, -0.1) is 0 Å². The van der Waals surface area contributed by atoms with Gasteiger partial charge in [0.1, 0.15) is 11.3 Å². The Morgan fingerprint density at radius 2 is 1.88 bits per heavy atom. The predicted molar refractivity (Wildman–Crippen MR) is 91.0 cm³/mol. The van der Waals surface area contributed by atoms with Crippen LogP contribution in [-0.2, 0) is 20.7 Å². The fourth-order valence-corrected chi connectivity index (χ4v) is 2.40. The highest BCUT2D eigenvalue weighted by Gasteiger charge is 2.21. The second kappa shape index (κ2) is 9.93. The van der Waals surface area contributed by atoms with E-state index in [1.807, 2.05) is 13.8 Å². The summed E-state index contributed by atoms with van der Waals surface area (Å²) in [7, 11) is 2.95. The third kappa shape index (κ3) is 5.85. The molecule has 0 fully saturated rings. The number of rotatable bonds is 10. The number of nitrogens with two attached hydrogens (primary N) is 1. The molecule has 6 nitrogen and oxygen atoms in total. The lowest BCUT2D eigenvalue weighted by Crippen LogP contribution is -2.29. The fraction of sp³-hybridized carbons (Fsp3) is 0.556. The Morgan fingerprint density at radius 3 is 2.42 bits per heavy atom. The van der Waals surface area contributed by atoms with Gasteiger partial charge in [0.05, 0.1) is 13.7 Å². The average molecular weight is 337 g/mol. The largest absolute Gasteiger partial charge is 0.493 e. The maximum Gasteiger partial charge on any atom is 0.341 e. The first-order valence-corrected chi connectivity index (χ1v) is 8.03. The zero-order chi connectivity index (χ0) is 18.1. The summed E-state index contributed by atoms with van der Waals surface area (Å²) in [4.78, 5) is 23.5. The number of carbonyl (C=O) groups excluding carboxylic acids is 2. The highest BCUT2D eigenvalue weighted by atomic mass is 16.5. The minimum Gasteiger partial charge on any atom is -0.493 e. The van der Waals surface area contributed by atoms with Crippen molar-refractivity contribution in [3.8, 4) is 5.75 Å². The van der Waals surface area contributed by atoms with E-state index in [2.05, 4.69) is 0 Å². The highest BCUT2D eigenvalue weighted by Crippen LogP contribution is 2.25. The molecule has 1 unspecified atom stereocenters. The molecule has 0 saturated carbocycles. The van der Waals surface area contributed by atoms with Gasteiger partial charge in [-0.1, -0.05) is 19.9 Å². The smallest absolute Gasteiger partial charge is 0.341 e. The Hall–Kier alpha value is -2.08. The van der Waals surface area contributed by atoms with Gasteiger partial charge in [-0.3, -0.25) is 4.79 Å². The number of amides is 1. The van der Waals surface area contributed by atoms with Crippen LogP contribution in [0.1, 0.15) is 36.2 Å². The number of esters is 1. The SMILES string of the molecule is COCCCOc1cc(CC(C(N)=O)C(C)C)ccc1C(=O)OC. The summed E-state index contributed by atoms with van der Waals surface area (Å²) in [5.74, 6) is -0.477. The summed E-state index contributed by atoms with van der Waals surface area (Å²) in [6, 6.07) is 5.23. The second-order valence-corrected chi connectivity index (χ2v) is 5.97. The molecule has 0 aliphatic carbocycles. The van der Waals surface area contributed by atoms with Crippen LogP contribution in [0.2, 0.25) is 0 Å². The molecule has 0 aliphatic heterocycles.